The third-order valence-corrected chi connectivity index (χ3v) is 4.78. The van der Waals surface area contributed by atoms with Crippen molar-refractivity contribution in [3.05, 3.63) is 0 Å². The number of hydrogen-bond acceptors (Lipinski definition) is 4. The first-order valence-electron chi connectivity index (χ1n) is 8.89. The molecule has 0 aromatic heterocycles. The van der Waals surface area contributed by atoms with E-state index < -0.39 is 65.4 Å². The van der Waals surface area contributed by atoms with E-state index in [9.17, 15) is 79.4 Å². The Morgan fingerprint density at radius 1 is 0.514 bits per heavy atom. The number of halogens is 17. The van der Waals surface area contributed by atoms with Crippen molar-refractivity contribution < 1.29 is 93.6 Å². The van der Waals surface area contributed by atoms with Crippen LogP contribution in [-0.4, -0.2) is 59.9 Å². The molecule has 0 rings (SSSR count). The summed E-state index contributed by atoms with van der Waals surface area (Å²) in [5.41, 5.74) is -3.82. The summed E-state index contributed by atoms with van der Waals surface area (Å²) in [5, 5.41) is 0. The standard InChI is InChI=1S/C16H15F17O4/c1-7(2,3)8(4,5)35-6(34)9(17,12(21,22)23)36-16(32,33)11(20,14(27,28)29)37-15(30,31)10(18,19)13(24,25)26/h1-5H3. The van der Waals surface area contributed by atoms with Gasteiger partial charge in [0.05, 0.1) is 0 Å². The van der Waals surface area contributed by atoms with Crippen molar-refractivity contribution in [2.75, 3.05) is 0 Å². The van der Waals surface area contributed by atoms with Crippen LogP contribution in [0.2, 0.25) is 0 Å². The Morgan fingerprint density at radius 3 is 1.16 bits per heavy atom. The van der Waals surface area contributed by atoms with E-state index in [0.29, 0.717) is 13.8 Å². The Kier molecular flexibility index (Phi) is 8.70. The molecule has 0 fully saturated rings. The minimum absolute atomic E-state index is 0.706. The highest BCUT2D eigenvalue weighted by Crippen LogP contribution is 2.56. The number of carbonyl (C=O) groups excluding carboxylic acids is 1. The Labute approximate surface area is 195 Å². The van der Waals surface area contributed by atoms with E-state index >= 15 is 0 Å². The van der Waals surface area contributed by atoms with Gasteiger partial charge >= 0.3 is 54.3 Å². The molecule has 0 heterocycles. The highest BCUT2D eigenvalue weighted by atomic mass is 19.4. The van der Waals surface area contributed by atoms with Gasteiger partial charge in [-0.25, -0.2) is 4.79 Å². The van der Waals surface area contributed by atoms with E-state index in [-0.39, 0.29) is 0 Å². The molecule has 0 aromatic rings. The van der Waals surface area contributed by atoms with Gasteiger partial charge in [0, 0.05) is 5.41 Å². The largest absolute Gasteiger partial charge is 0.462 e. The first-order chi connectivity index (χ1) is 15.5. The molecule has 2 unspecified atom stereocenters. The van der Waals surface area contributed by atoms with Crippen molar-refractivity contribution in [2.24, 2.45) is 5.41 Å². The lowest BCUT2D eigenvalue weighted by molar-refractivity contribution is -0.549. The number of ether oxygens (including phenoxy) is 3. The molecule has 2 atom stereocenters. The zero-order valence-electron chi connectivity index (χ0n) is 18.6. The van der Waals surface area contributed by atoms with E-state index in [1.54, 1.807) is 0 Å². The van der Waals surface area contributed by atoms with Gasteiger partial charge in [-0.15, -0.1) is 0 Å². The maximum atomic E-state index is 14.5. The van der Waals surface area contributed by atoms with Gasteiger partial charge < -0.3 is 4.74 Å². The second kappa shape index (κ2) is 9.15. The molecule has 222 valence electrons. The summed E-state index contributed by atoms with van der Waals surface area (Å²) < 4.78 is 230. The predicted octanol–water partition coefficient (Wildman–Crippen LogP) is 7.23. The second-order valence-corrected chi connectivity index (χ2v) is 8.65. The Hall–Kier alpha value is -1.80. The Balaban J connectivity index is 6.89. The highest BCUT2D eigenvalue weighted by Gasteiger charge is 2.85. The third kappa shape index (κ3) is 6.27. The van der Waals surface area contributed by atoms with Gasteiger partial charge in [-0.2, -0.15) is 74.6 Å². The van der Waals surface area contributed by atoms with E-state index in [2.05, 4.69) is 4.74 Å². The third-order valence-electron chi connectivity index (χ3n) is 4.78. The summed E-state index contributed by atoms with van der Waals surface area (Å²) >= 11 is 0. The molecular weight excluding hydrogens is 579 g/mol. The van der Waals surface area contributed by atoms with Crippen molar-refractivity contribution in [1.82, 2.24) is 0 Å². The van der Waals surface area contributed by atoms with Crippen molar-refractivity contribution in [1.29, 1.82) is 0 Å². The van der Waals surface area contributed by atoms with Crippen LogP contribution >= 0.6 is 0 Å². The van der Waals surface area contributed by atoms with Crippen molar-refractivity contribution in [2.45, 2.75) is 88.6 Å². The first-order valence-corrected chi connectivity index (χ1v) is 8.89. The van der Waals surface area contributed by atoms with Crippen LogP contribution in [0.25, 0.3) is 0 Å². The smallest absolute Gasteiger partial charge is 0.455 e. The summed E-state index contributed by atoms with van der Waals surface area (Å²) in [7, 11) is 0. The van der Waals surface area contributed by atoms with Crippen LogP contribution in [0.3, 0.4) is 0 Å². The molecule has 0 amide bonds. The number of hydrogen-bond donors (Lipinski definition) is 0. The Bertz CT molecular complexity index is 836. The summed E-state index contributed by atoms with van der Waals surface area (Å²) in [5.74, 6) is -26.5. The lowest BCUT2D eigenvalue weighted by Gasteiger charge is -2.42. The fourth-order valence-corrected chi connectivity index (χ4v) is 1.60. The Morgan fingerprint density at radius 2 is 0.892 bits per heavy atom. The summed E-state index contributed by atoms with van der Waals surface area (Å²) in [6, 6.07) is 0. The zero-order valence-corrected chi connectivity index (χ0v) is 18.6. The molecule has 0 N–H and O–H groups in total. The topological polar surface area (TPSA) is 44.8 Å². The normalized spacial score (nSPS) is 18.8. The van der Waals surface area contributed by atoms with Crippen LogP contribution in [0.1, 0.15) is 34.6 Å². The van der Waals surface area contributed by atoms with E-state index in [0.717, 1.165) is 20.8 Å². The molecule has 0 spiro atoms. The van der Waals surface area contributed by atoms with Crippen LogP contribution in [0.4, 0.5) is 74.6 Å². The fraction of sp³-hybridized carbons (Fsp3) is 0.938. The molecule has 0 radical (unpaired) electrons. The van der Waals surface area contributed by atoms with Gasteiger partial charge in [-0.3, -0.25) is 9.47 Å². The van der Waals surface area contributed by atoms with Crippen molar-refractivity contribution >= 4 is 5.97 Å². The van der Waals surface area contributed by atoms with E-state index in [1.807, 2.05) is 4.74 Å². The fourth-order valence-electron chi connectivity index (χ4n) is 1.60. The molecule has 0 bridgehead atoms. The zero-order chi connectivity index (χ0) is 30.7. The quantitative estimate of drug-likeness (QED) is 0.220. The van der Waals surface area contributed by atoms with Crippen LogP contribution in [0.5, 0.6) is 0 Å². The molecule has 21 heteroatoms. The average Bonchev–Trinajstić information content (AvgIpc) is 2.56. The van der Waals surface area contributed by atoms with Crippen LogP contribution in [0, 0.1) is 5.41 Å². The lowest BCUT2D eigenvalue weighted by Crippen LogP contribution is -2.68. The monoisotopic (exact) mass is 594 g/mol. The molecule has 0 saturated heterocycles. The molecular formula is C16H15F17O4. The van der Waals surface area contributed by atoms with Gasteiger partial charge in [0.2, 0.25) is 0 Å². The minimum Gasteiger partial charge on any atom is -0.455 e. The van der Waals surface area contributed by atoms with Gasteiger partial charge in [0.1, 0.15) is 5.60 Å². The summed E-state index contributed by atoms with van der Waals surface area (Å²) in [6.07, 6.45) is -38.6. The SMILES string of the molecule is CC(C)(C)C(C)(C)OC(=O)C(F)(OC(F)(F)C(F)(OC(F)(F)C(F)(F)C(F)(F)F)C(F)(F)F)C(F)(F)F. The molecule has 0 aliphatic rings. The molecule has 0 aliphatic heterocycles. The van der Waals surface area contributed by atoms with Crippen LogP contribution in [-0.2, 0) is 19.0 Å². The van der Waals surface area contributed by atoms with Gasteiger partial charge in [0.25, 0.3) is 0 Å². The number of alkyl halides is 17. The molecule has 0 aromatic carbocycles. The second-order valence-electron chi connectivity index (χ2n) is 8.65. The number of rotatable bonds is 8. The van der Waals surface area contributed by atoms with Gasteiger partial charge in [-0.1, -0.05) is 20.8 Å². The maximum absolute atomic E-state index is 14.5. The lowest BCUT2D eigenvalue weighted by atomic mass is 9.79. The first kappa shape index (κ1) is 35.2. The summed E-state index contributed by atoms with van der Waals surface area (Å²) in [6.45, 7) is 4.65. The van der Waals surface area contributed by atoms with Crippen LogP contribution in [0.15, 0.2) is 0 Å². The number of carbonyl (C=O) groups is 1. The van der Waals surface area contributed by atoms with E-state index in [1.165, 1.54) is 4.74 Å². The van der Waals surface area contributed by atoms with Gasteiger partial charge in [0.15, 0.2) is 0 Å². The molecule has 37 heavy (non-hydrogen) atoms. The summed E-state index contributed by atoms with van der Waals surface area (Å²) in [4.78, 5) is 11.8. The minimum atomic E-state index is -8.07. The maximum Gasteiger partial charge on any atom is 0.462 e. The average molecular weight is 594 g/mol. The van der Waals surface area contributed by atoms with Gasteiger partial charge in [-0.05, 0) is 13.8 Å². The highest BCUT2D eigenvalue weighted by molar-refractivity contribution is 5.79. The molecule has 0 aliphatic carbocycles. The molecule has 4 nitrogen and oxygen atoms in total. The molecule has 0 saturated carbocycles. The number of esters is 1. The van der Waals surface area contributed by atoms with Crippen molar-refractivity contribution in [3.63, 3.8) is 0 Å². The van der Waals surface area contributed by atoms with Crippen molar-refractivity contribution in [3.8, 4) is 0 Å². The predicted molar refractivity (Wildman–Crippen MR) is 82.5 cm³/mol. The van der Waals surface area contributed by atoms with E-state index in [4.69, 9.17) is 0 Å². The van der Waals surface area contributed by atoms with Crippen LogP contribution < -0.4 is 0 Å².